The van der Waals surface area contributed by atoms with Gasteiger partial charge < -0.3 is 4.74 Å². The molecule has 4 atom stereocenters. The van der Waals surface area contributed by atoms with E-state index in [1.165, 1.54) is 5.56 Å². The van der Waals surface area contributed by atoms with Gasteiger partial charge in [0.25, 0.3) is 0 Å². The van der Waals surface area contributed by atoms with E-state index in [9.17, 15) is 9.59 Å². The van der Waals surface area contributed by atoms with E-state index >= 15 is 0 Å². The van der Waals surface area contributed by atoms with E-state index in [2.05, 4.69) is 47.1 Å². The van der Waals surface area contributed by atoms with Gasteiger partial charge >= 0.3 is 5.97 Å². The van der Waals surface area contributed by atoms with Crippen LogP contribution in [0.4, 0.5) is 0 Å². The number of carbonyl (C=O) groups excluding carboxylic acids is 2. The van der Waals surface area contributed by atoms with E-state index < -0.39 is 0 Å². The van der Waals surface area contributed by atoms with E-state index in [1.807, 2.05) is 13.0 Å². The van der Waals surface area contributed by atoms with Crippen molar-refractivity contribution in [3.63, 3.8) is 0 Å². The summed E-state index contributed by atoms with van der Waals surface area (Å²) in [5, 5.41) is 0. The van der Waals surface area contributed by atoms with Crippen molar-refractivity contribution in [3.05, 3.63) is 59.2 Å². The number of rotatable bonds is 4. The van der Waals surface area contributed by atoms with E-state index in [4.69, 9.17) is 4.74 Å². The van der Waals surface area contributed by atoms with Crippen molar-refractivity contribution in [1.29, 1.82) is 0 Å². The maximum Gasteiger partial charge on any atom is 0.311 e. The first-order valence-corrected chi connectivity index (χ1v) is 11.6. The van der Waals surface area contributed by atoms with Crippen LogP contribution >= 0.6 is 0 Å². The van der Waals surface area contributed by atoms with Crippen LogP contribution in [0.15, 0.2) is 53.6 Å². The summed E-state index contributed by atoms with van der Waals surface area (Å²) in [6, 6.07) is 10.6. The summed E-state index contributed by atoms with van der Waals surface area (Å²) >= 11 is 0. The smallest absolute Gasteiger partial charge is 0.311 e. The Labute approximate surface area is 184 Å². The lowest BCUT2D eigenvalue weighted by molar-refractivity contribution is -0.144. The number of hydrogen-bond acceptors (Lipinski definition) is 5. The highest BCUT2D eigenvalue weighted by Gasteiger charge is 2.54. The molecule has 1 aromatic rings. The highest BCUT2D eigenvalue weighted by atomic mass is 16.6. The van der Waals surface area contributed by atoms with Gasteiger partial charge in [0.05, 0.1) is 5.92 Å². The van der Waals surface area contributed by atoms with Crippen molar-refractivity contribution < 1.29 is 14.3 Å². The Hall–Kier alpha value is -2.24. The number of allylic oxidation sites excluding steroid dienone is 3. The molecule has 4 aliphatic rings. The van der Waals surface area contributed by atoms with Crippen molar-refractivity contribution in [2.45, 2.75) is 39.3 Å². The lowest BCUT2D eigenvalue weighted by Gasteiger charge is -2.43. The van der Waals surface area contributed by atoms with Gasteiger partial charge in [0.2, 0.25) is 0 Å². The molecule has 1 saturated carbocycles. The van der Waals surface area contributed by atoms with E-state index in [1.54, 1.807) is 6.08 Å². The molecule has 5 rings (SSSR count). The number of nitrogens with zero attached hydrogens (tertiary/aromatic N) is 2. The molecule has 2 aliphatic heterocycles. The average Bonchev–Trinajstić information content (AvgIpc) is 3.08. The molecular weight excluding hydrogens is 388 g/mol. The number of fused-ring (bicyclic) bond motifs is 3. The number of esters is 1. The standard InChI is InChI=1S/C26H32N2O3/c1-18-22(29)9-11-26(2)10-8-20-21(25(30)31-24(20)23(18)26)17-28-14-12-27(13-15-28)16-19-6-4-3-5-7-19/h3-7,9,11,20-21,24H,8,10,12-17H2,1-2H3/t20-,21+,24+,26-/m0/s1. The summed E-state index contributed by atoms with van der Waals surface area (Å²) in [6.45, 7) is 9.83. The highest BCUT2D eigenvalue weighted by Crippen LogP contribution is 2.53. The number of carbonyl (C=O) groups is 2. The minimum atomic E-state index is -0.232. The molecule has 0 amide bonds. The Morgan fingerprint density at radius 2 is 1.77 bits per heavy atom. The number of ether oxygens (including phenoxy) is 1. The summed E-state index contributed by atoms with van der Waals surface area (Å²) in [6.07, 6.45) is 5.44. The topological polar surface area (TPSA) is 49.9 Å². The number of hydrogen-bond donors (Lipinski definition) is 0. The Kier molecular flexibility index (Phi) is 5.35. The quantitative estimate of drug-likeness (QED) is 0.700. The maximum absolute atomic E-state index is 12.9. The van der Waals surface area contributed by atoms with Gasteiger partial charge in [-0.2, -0.15) is 0 Å². The fourth-order valence-corrected chi connectivity index (χ4v) is 6.03. The molecule has 164 valence electrons. The van der Waals surface area contributed by atoms with Crippen molar-refractivity contribution in [1.82, 2.24) is 9.80 Å². The van der Waals surface area contributed by atoms with E-state index in [0.717, 1.165) is 63.3 Å². The van der Waals surface area contributed by atoms with Gasteiger partial charge in [-0.15, -0.1) is 0 Å². The van der Waals surface area contributed by atoms with Crippen LogP contribution in [0.1, 0.15) is 32.3 Å². The molecule has 3 fully saturated rings. The molecule has 5 nitrogen and oxygen atoms in total. The predicted octanol–water partition coefficient (Wildman–Crippen LogP) is 3.22. The van der Waals surface area contributed by atoms with Crippen LogP contribution < -0.4 is 0 Å². The van der Waals surface area contributed by atoms with Crippen molar-refractivity contribution in [2.24, 2.45) is 17.3 Å². The molecule has 0 radical (unpaired) electrons. The third kappa shape index (κ3) is 3.79. The summed E-state index contributed by atoms with van der Waals surface area (Å²) in [4.78, 5) is 30.1. The molecule has 2 heterocycles. The van der Waals surface area contributed by atoms with Gasteiger partial charge in [-0.25, -0.2) is 0 Å². The molecule has 5 heteroatoms. The average molecular weight is 421 g/mol. The molecule has 2 saturated heterocycles. The van der Waals surface area contributed by atoms with E-state index in [0.29, 0.717) is 0 Å². The Morgan fingerprint density at radius 1 is 1.06 bits per heavy atom. The van der Waals surface area contributed by atoms with Gasteiger partial charge in [-0.3, -0.25) is 19.4 Å². The molecule has 0 bridgehead atoms. The molecule has 31 heavy (non-hydrogen) atoms. The van der Waals surface area contributed by atoms with Crippen molar-refractivity contribution >= 4 is 11.8 Å². The largest absolute Gasteiger partial charge is 0.457 e. The molecule has 0 spiro atoms. The SMILES string of the molecule is CC1=C2[C@@H]3OC(=O)[C@H](CN4CCN(Cc5ccccc5)CC4)[C@@H]3CC[C@@]2(C)C=CC1=O. The molecule has 0 aromatic heterocycles. The molecule has 1 aromatic carbocycles. The normalized spacial score (nSPS) is 33.9. The Bertz CT molecular complexity index is 929. The van der Waals surface area contributed by atoms with Gasteiger partial charge in [0.1, 0.15) is 6.10 Å². The third-order valence-electron chi connectivity index (χ3n) is 7.89. The minimum absolute atomic E-state index is 0.0576. The van der Waals surface area contributed by atoms with Gasteiger partial charge in [-0.05, 0) is 37.0 Å². The molecule has 0 unspecified atom stereocenters. The van der Waals surface area contributed by atoms with Gasteiger partial charge in [-0.1, -0.05) is 43.3 Å². The fourth-order valence-electron chi connectivity index (χ4n) is 6.03. The first-order valence-electron chi connectivity index (χ1n) is 11.6. The Morgan fingerprint density at radius 3 is 2.52 bits per heavy atom. The van der Waals surface area contributed by atoms with Crippen molar-refractivity contribution in [2.75, 3.05) is 32.7 Å². The van der Waals surface area contributed by atoms with E-state index in [-0.39, 0.29) is 35.1 Å². The zero-order chi connectivity index (χ0) is 21.6. The highest BCUT2D eigenvalue weighted by molar-refractivity contribution is 6.05. The molecule has 2 aliphatic carbocycles. The number of ketones is 1. The van der Waals surface area contributed by atoms with Crippen LogP contribution in [0.3, 0.4) is 0 Å². The lowest BCUT2D eigenvalue weighted by Crippen LogP contribution is -2.49. The van der Waals surface area contributed by atoms with Gasteiger partial charge in [0, 0.05) is 56.2 Å². The second-order valence-corrected chi connectivity index (χ2v) is 9.88. The zero-order valence-electron chi connectivity index (χ0n) is 18.5. The minimum Gasteiger partial charge on any atom is -0.457 e. The van der Waals surface area contributed by atoms with Crippen LogP contribution in [0, 0.1) is 17.3 Å². The van der Waals surface area contributed by atoms with Crippen molar-refractivity contribution in [3.8, 4) is 0 Å². The number of benzene rings is 1. The maximum atomic E-state index is 12.9. The van der Waals surface area contributed by atoms with Crippen LogP contribution in [0.5, 0.6) is 0 Å². The lowest BCUT2D eigenvalue weighted by atomic mass is 9.61. The third-order valence-corrected chi connectivity index (χ3v) is 7.89. The van der Waals surface area contributed by atoms with Crippen LogP contribution in [0.25, 0.3) is 0 Å². The first-order chi connectivity index (χ1) is 14.9. The summed E-state index contributed by atoms with van der Waals surface area (Å²) < 4.78 is 5.95. The van der Waals surface area contributed by atoms with Gasteiger partial charge in [0.15, 0.2) is 5.78 Å². The Balaban J connectivity index is 1.23. The molecular formula is C26H32N2O3. The zero-order valence-corrected chi connectivity index (χ0v) is 18.5. The fraction of sp³-hybridized carbons (Fsp3) is 0.538. The second-order valence-electron chi connectivity index (χ2n) is 9.88. The number of piperazine rings is 1. The second kappa shape index (κ2) is 8.03. The summed E-state index contributed by atoms with van der Waals surface area (Å²) in [5.74, 6) is 0.0825. The monoisotopic (exact) mass is 420 g/mol. The summed E-state index contributed by atoms with van der Waals surface area (Å²) in [5.41, 5.74) is 3.03. The predicted molar refractivity (Wildman–Crippen MR) is 119 cm³/mol. The van der Waals surface area contributed by atoms with Crippen LogP contribution in [-0.4, -0.2) is 60.4 Å². The summed E-state index contributed by atoms with van der Waals surface area (Å²) in [7, 11) is 0. The van der Waals surface area contributed by atoms with Crippen LogP contribution in [0.2, 0.25) is 0 Å². The first kappa shape index (κ1) is 20.7. The van der Waals surface area contributed by atoms with Crippen LogP contribution in [-0.2, 0) is 20.9 Å². The molecule has 0 N–H and O–H groups in total.